The zero-order chi connectivity index (χ0) is 14.5. The third-order valence-corrected chi connectivity index (χ3v) is 3.49. The maximum absolute atomic E-state index is 4.78. The molecule has 0 aromatic carbocycles. The molecule has 0 amide bonds. The van der Waals surface area contributed by atoms with E-state index >= 15 is 0 Å². The Balaban J connectivity index is 2.36. The topological polar surface area (TPSA) is 48.5 Å². The third kappa shape index (κ3) is 3.08. The van der Waals surface area contributed by atoms with Crippen molar-refractivity contribution in [2.75, 3.05) is 0 Å². The summed E-state index contributed by atoms with van der Waals surface area (Å²) >= 11 is 0. The zero-order valence-corrected chi connectivity index (χ0v) is 13.0. The van der Waals surface area contributed by atoms with Crippen molar-refractivity contribution in [2.24, 2.45) is 0 Å². The first-order chi connectivity index (χ1) is 9.67. The van der Waals surface area contributed by atoms with Crippen molar-refractivity contribution in [2.45, 2.75) is 65.5 Å². The molecule has 0 saturated carbocycles. The van der Waals surface area contributed by atoms with Crippen molar-refractivity contribution in [3.63, 3.8) is 0 Å². The minimum atomic E-state index is 0.168. The molecule has 0 N–H and O–H groups in total. The molecule has 5 nitrogen and oxygen atoms in total. The summed E-state index contributed by atoms with van der Waals surface area (Å²) in [6.07, 6.45) is 7.07. The van der Waals surface area contributed by atoms with Crippen LogP contribution < -0.4 is 0 Å². The number of hydrogen-bond acceptors (Lipinski definition) is 3. The van der Waals surface area contributed by atoms with Crippen LogP contribution in [0.2, 0.25) is 0 Å². The van der Waals surface area contributed by atoms with Gasteiger partial charge in [0.05, 0.1) is 0 Å². The molecule has 0 fully saturated rings. The van der Waals surface area contributed by atoms with E-state index in [0.717, 1.165) is 37.5 Å². The summed E-state index contributed by atoms with van der Waals surface area (Å²) in [4.78, 5) is 4.78. The molecule has 0 aliphatic rings. The molecule has 2 rings (SSSR count). The van der Waals surface area contributed by atoms with Crippen LogP contribution in [0, 0.1) is 0 Å². The van der Waals surface area contributed by atoms with E-state index in [-0.39, 0.29) is 6.04 Å². The summed E-state index contributed by atoms with van der Waals surface area (Å²) in [6.45, 7) is 9.57. The van der Waals surface area contributed by atoms with Crippen LogP contribution in [0.1, 0.15) is 70.6 Å². The van der Waals surface area contributed by atoms with Crippen molar-refractivity contribution in [3.8, 4) is 0 Å². The van der Waals surface area contributed by atoms with Gasteiger partial charge in [0.15, 0.2) is 11.6 Å². The van der Waals surface area contributed by atoms with Crippen LogP contribution in [0.15, 0.2) is 18.5 Å². The molecule has 1 unspecified atom stereocenters. The van der Waals surface area contributed by atoms with Gasteiger partial charge in [-0.1, -0.05) is 34.1 Å². The molecule has 2 heterocycles. The van der Waals surface area contributed by atoms with Gasteiger partial charge in [0.1, 0.15) is 6.04 Å². The predicted molar refractivity (Wildman–Crippen MR) is 79.7 cm³/mol. The molecule has 0 bridgehead atoms. The SMILES string of the molecule is CCCCn1nc(C(C)C)nc1C(CC)n1cccn1. The smallest absolute Gasteiger partial charge is 0.153 e. The lowest BCUT2D eigenvalue weighted by Crippen LogP contribution is -2.17. The monoisotopic (exact) mass is 275 g/mol. The van der Waals surface area contributed by atoms with Gasteiger partial charge >= 0.3 is 0 Å². The Morgan fingerprint density at radius 3 is 2.60 bits per heavy atom. The lowest BCUT2D eigenvalue weighted by Gasteiger charge is -2.15. The molecule has 20 heavy (non-hydrogen) atoms. The molecule has 0 aliphatic heterocycles. The molecule has 2 aromatic rings. The van der Waals surface area contributed by atoms with E-state index in [0.29, 0.717) is 5.92 Å². The lowest BCUT2D eigenvalue weighted by molar-refractivity contribution is 0.438. The zero-order valence-electron chi connectivity index (χ0n) is 13.0. The fourth-order valence-electron chi connectivity index (χ4n) is 2.29. The van der Waals surface area contributed by atoms with Gasteiger partial charge in [-0.2, -0.15) is 10.2 Å². The van der Waals surface area contributed by atoms with Crippen LogP contribution in [-0.4, -0.2) is 24.5 Å². The van der Waals surface area contributed by atoms with Gasteiger partial charge in [0.2, 0.25) is 0 Å². The fourth-order valence-corrected chi connectivity index (χ4v) is 2.29. The molecule has 110 valence electrons. The molecular formula is C15H25N5. The molecule has 0 radical (unpaired) electrons. The second-order valence-electron chi connectivity index (χ2n) is 5.47. The van der Waals surface area contributed by atoms with Crippen LogP contribution in [0.3, 0.4) is 0 Å². The Kier molecular flexibility index (Phi) is 4.93. The highest BCUT2D eigenvalue weighted by molar-refractivity contribution is 5.04. The second kappa shape index (κ2) is 6.68. The second-order valence-corrected chi connectivity index (χ2v) is 5.47. The Morgan fingerprint density at radius 2 is 2.05 bits per heavy atom. The van der Waals surface area contributed by atoms with E-state index in [1.807, 2.05) is 23.1 Å². The van der Waals surface area contributed by atoms with Gasteiger partial charge in [-0.25, -0.2) is 9.67 Å². The molecule has 0 saturated heterocycles. The molecule has 0 spiro atoms. The van der Waals surface area contributed by atoms with Crippen LogP contribution in [0.4, 0.5) is 0 Å². The minimum Gasteiger partial charge on any atom is -0.262 e. The summed E-state index contributed by atoms with van der Waals surface area (Å²) in [5.41, 5.74) is 0. The largest absolute Gasteiger partial charge is 0.262 e. The summed E-state index contributed by atoms with van der Waals surface area (Å²) in [7, 11) is 0. The lowest BCUT2D eigenvalue weighted by atomic mass is 10.2. The molecule has 2 aromatic heterocycles. The quantitative estimate of drug-likeness (QED) is 0.778. The number of hydrogen-bond donors (Lipinski definition) is 0. The molecular weight excluding hydrogens is 250 g/mol. The molecule has 1 atom stereocenters. The average Bonchev–Trinajstić information content (AvgIpc) is 3.07. The van der Waals surface area contributed by atoms with E-state index in [4.69, 9.17) is 10.1 Å². The van der Waals surface area contributed by atoms with E-state index in [1.54, 1.807) is 0 Å². The highest BCUT2D eigenvalue weighted by Gasteiger charge is 2.21. The third-order valence-electron chi connectivity index (χ3n) is 3.49. The first-order valence-corrected chi connectivity index (χ1v) is 7.61. The summed E-state index contributed by atoms with van der Waals surface area (Å²) in [5.74, 6) is 2.32. The molecule has 5 heteroatoms. The van der Waals surface area contributed by atoms with Gasteiger partial charge in [-0.3, -0.25) is 4.68 Å². The van der Waals surface area contributed by atoms with Gasteiger partial charge in [0, 0.05) is 24.9 Å². The summed E-state index contributed by atoms with van der Waals surface area (Å²) in [5, 5.41) is 9.07. The highest BCUT2D eigenvalue weighted by Crippen LogP contribution is 2.22. The first-order valence-electron chi connectivity index (χ1n) is 7.61. The van der Waals surface area contributed by atoms with Crippen LogP contribution >= 0.6 is 0 Å². The standard InChI is InChI=1S/C15H25N5/c1-5-7-10-20-15(17-14(18-20)12(3)4)13(6-2)19-11-8-9-16-19/h8-9,11-13H,5-7,10H2,1-4H3. The van der Waals surface area contributed by atoms with E-state index in [1.165, 1.54) is 0 Å². The van der Waals surface area contributed by atoms with Gasteiger partial charge < -0.3 is 0 Å². The number of unbranched alkanes of at least 4 members (excludes halogenated alkanes) is 1. The Hall–Kier alpha value is -1.65. The average molecular weight is 275 g/mol. The Labute approximate surface area is 121 Å². The van der Waals surface area contributed by atoms with Crippen molar-refractivity contribution in [3.05, 3.63) is 30.1 Å². The number of aryl methyl sites for hydroxylation is 1. The van der Waals surface area contributed by atoms with Crippen molar-refractivity contribution in [1.82, 2.24) is 24.5 Å². The fraction of sp³-hybridized carbons (Fsp3) is 0.667. The van der Waals surface area contributed by atoms with E-state index < -0.39 is 0 Å². The number of nitrogens with zero attached hydrogens (tertiary/aromatic N) is 5. The number of aromatic nitrogens is 5. The maximum Gasteiger partial charge on any atom is 0.153 e. The summed E-state index contributed by atoms with van der Waals surface area (Å²) in [6, 6.07) is 2.13. The van der Waals surface area contributed by atoms with Gasteiger partial charge in [-0.05, 0) is 18.9 Å². The first kappa shape index (κ1) is 14.8. The van der Waals surface area contributed by atoms with Crippen LogP contribution in [0.25, 0.3) is 0 Å². The van der Waals surface area contributed by atoms with Crippen LogP contribution in [-0.2, 0) is 6.54 Å². The minimum absolute atomic E-state index is 0.168. The van der Waals surface area contributed by atoms with Gasteiger partial charge in [-0.15, -0.1) is 0 Å². The maximum atomic E-state index is 4.78. The summed E-state index contributed by atoms with van der Waals surface area (Å²) < 4.78 is 4.06. The van der Waals surface area contributed by atoms with Crippen molar-refractivity contribution in [1.29, 1.82) is 0 Å². The normalized spacial score (nSPS) is 13.1. The Morgan fingerprint density at radius 1 is 1.25 bits per heavy atom. The van der Waals surface area contributed by atoms with Crippen molar-refractivity contribution >= 4 is 0 Å². The highest BCUT2D eigenvalue weighted by atomic mass is 15.4. The van der Waals surface area contributed by atoms with Gasteiger partial charge in [0.25, 0.3) is 0 Å². The van der Waals surface area contributed by atoms with E-state index in [2.05, 4.69) is 37.5 Å². The van der Waals surface area contributed by atoms with Crippen molar-refractivity contribution < 1.29 is 0 Å². The Bertz CT molecular complexity index is 512. The molecule has 0 aliphatic carbocycles. The predicted octanol–water partition coefficient (Wildman–Crippen LogP) is 3.40. The van der Waals surface area contributed by atoms with E-state index in [9.17, 15) is 0 Å². The number of rotatable bonds is 7. The van der Waals surface area contributed by atoms with Crippen LogP contribution in [0.5, 0.6) is 0 Å².